The lowest BCUT2D eigenvalue weighted by Crippen LogP contribution is -2.53. The summed E-state index contributed by atoms with van der Waals surface area (Å²) in [5, 5.41) is 0. The van der Waals surface area contributed by atoms with Gasteiger partial charge in [0, 0.05) is 6.42 Å². The van der Waals surface area contributed by atoms with Gasteiger partial charge in [-0.2, -0.15) is 5.90 Å². The molecule has 1 aliphatic carbocycles. The maximum Gasteiger partial charge on any atom is 0.348 e. The fraction of sp³-hybridized carbons (Fsp3) is 0.750. The Kier molecular flexibility index (Phi) is 1.24. The van der Waals surface area contributed by atoms with Gasteiger partial charge in [-0.25, -0.2) is 4.79 Å². The van der Waals surface area contributed by atoms with Crippen LogP contribution in [0.1, 0.15) is 6.42 Å². The Balaban J connectivity index is 2.68. The van der Waals surface area contributed by atoms with Gasteiger partial charge in [-0.3, -0.25) is 0 Å². The van der Waals surface area contributed by atoms with Gasteiger partial charge in [-0.05, 0) is 0 Å². The van der Waals surface area contributed by atoms with Crippen molar-refractivity contribution in [1.29, 1.82) is 0 Å². The Hall–Kier alpha value is -0.690. The van der Waals surface area contributed by atoms with Crippen LogP contribution in [0.3, 0.4) is 0 Å². The highest BCUT2D eigenvalue weighted by molar-refractivity contribution is 5.87. The molecule has 0 heterocycles. The summed E-state index contributed by atoms with van der Waals surface area (Å²) in [6, 6.07) is 0. The third-order valence-corrected chi connectivity index (χ3v) is 1.75. The molecule has 0 saturated heterocycles. The predicted octanol–water partition coefficient (Wildman–Crippen LogP) is -2.88. The van der Waals surface area contributed by atoms with E-state index in [2.05, 4.69) is 10.7 Å². The number of carbonyl (C=O) groups excluding carboxylic acids is 1. The van der Waals surface area contributed by atoms with Crippen molar-refractivity contribution in [1.82, 2.24) is 0 Å². The Morgan fingerprint density at radius 3 is 1.90 bits per heavy atom. The second-order valence-electron chi connectivity index (χ2n) is 2.59. The first-order valence-electron chi connectivity index (χ1n) is 2.72. The van der Waals surface area contributed by atoms with Crippen molar-refractivity contribution in [3.8, 4) is 0 Å². The van der Waals surface area contributed by atoms with E-state index in [9.17, 15) is 4.79 Å². The van der Waals surface area contributed by atoms with Gasteiger partial charge in [0.15, 0.2) is 5.54 Å². The van der Waals surface area contributed by atoms with Gasteiger partial charge in [-0.15, -0.1) is 0 Å². The van der Waals surface area contributed by atoms with Crippen LogP contribution in [-0.4, -0.2) is 17.2 Å². The van der Waals surface area contributed by atoms with Crippen LogP contribution in [0.25, 0.3) is 0 Å². The van der Waals surface area contributed by atoms with Crippen LogP contribution in [0.15, 0.2) is 0 Å². The van der Waals surface area contributed by atoms with Crippen molar-refractivity contribution in [2.45, 2.75) is 17.6 Å². The van der Waals surface area contributed by atoms with Crippen molar-refractivity contribution in [2.75, 3.05) is 0 Å². The monoisotopic (exact) mass is 146 g/mol. The molecular formula is C4H10N4O2. The Morgan fingerprint density at radius 1 is 1.40 bits per heavy atom. The quantitative estimate of drug-likeness (QED) is 0.232. The van der Waals surface area contributed by atoms with Gasteiger partial charge in [-0.1, -0.05) is 0 Å². The molecule has 0 aromatic carbocycles. The lowest BCUT2D eigenvalue weighted by atomic mass is 10.2. The molecule has 6 heteroatoms. The number of carbonyl (C=O) groups is 1. The Morgan fingerprint density at radius 2 is 1.80 bits per heavy atom. The van der Waals surface area contributed by atoms with Gasteiger partial charge in [0.1, 0.15) is 0 Å². The zero-order valence-electron chi connectivity index (χ0n) is 5.33. The molecule has 6 nitrogen and oxygen atoms in total. The Labute approximate surface area is 57.4 Å². The predicted molar refractivity (Wildman–Crippen MR) is 32.9 cm³/mol. The molecule has 0 bridgehead atoms. The molecule has 8 N–H and O–H groups in total. The summed E-state index contributed by atoms with van der Waals surface area (Å²) in [7, 11) is 0. The number of hydrogen-bond donors (Lipinski definition) is 4. The van der Waals surface area contributed by atoms with Crippen LogP contribution >= 0.6 is 0 Å². The van der Waals surface area contributed by atoms with Crippen molar-refractivity contribution in [2.24, 2.45) is 23.1 Å². The van der Waals surface area contributed by atoms with E-state index in [0.29, 0.717) is 0 Å². The first kappa shape index (κ1) is 7.42. The second-order valence-corrected chi connectivity index (χ2v) is 2.59. The SMILES string of the molecule is NOC(=O)C1(N)CC1(N)N. The van der Waals surface area contributed by atoms with E-state index in [1.807, 2.05) is 0 Å². The van der Waals surface area contributed by atoms with Gasteiger partial charge in [0.05, 0.1) is 5.66 Å². The van der Waals surface area contributed by atoms with Crippen LogP contribution in [0.2, 0.25) is 0 Å². The summed E-state index contributed by atoms with van der Waals surface area (Å²) in [5.41, 5.74) is 13.6. The zero-order valence-corrected chi connectivity index (χ0v) is 5.33. The summed E-state index contributed by atoms with van der Waals surface area (Å²) in [6.45, 7) is 0. The summed E-state index contributed by atoms with van der Waals surface area (Å²) in [6.07, 6.45) is 0.204. The smallest absolute Gasteiger partial charge is 0.348 e. The first-order chi connectivity index (χ1) is 4.44. The standard InChI is InChI=1S/C4H10N4O2/c5-3(2(9)10-8)1-4(3,6)7/h1,5-8H2. The van der Waals surface area contributed by atoms with Gasteiger partial charge >= 0.3 is 5.97 Å². The first-order valence-corrected chi connectivity index (χ1v) is 2.72. The molecular weight excluding hydrogens is 136 g/mol. The van der Waals surface area contributed by atoms with E-state index < -0.39 is 17.2 Å². The van der Waals surface area contributed by atoms with Crippen molar-refractivity contribution in [3.63, 3.8) is 0 Å². The minimum Gasteiger partial charge on any atom is -0.372 e. The summed E-state index contributed by atoms with van der Waals surface area (Å²) >= 11 is 0. The fourth-order valence-corrected chi connectivity index (χ4v) is 0.785. The molecule has 1 fully saturated rings. The average molecular weight is 146 g/mol. The van der Waals surface area contributed by atoms with E-state index in [1.54, 1.807) is 0 Å². The van der Waals surface area contributed by atoms with Crippen molar-refractivity contribution >= 4 is 5.97 Å². The van der Waals surface area contributed by atoms with E-state index in [4.69, 9.17) is 17.2 Å². The van der Waals surface area contributed by atoms with Gasteiger partial charge in [0.25, 0.3) is 0 Å². The molecule has 1 aliphatic rings. The van der Waals surface area contributed by atoms with E-state index in [-0.39, 0.29) is 6.42 Å². The zero-order chi connectivity index (χ0) is 7.99. The second kappa shape index (κ2) is 1.67. The highest BCUT2D eigenvalue weighted by Crippen LogP contribution is 2.39. The van der Waals surface area contributed by atoms with Crippen molar-refractivity contribution < 1.29 is 9.63 Å². The van der Waals surface area contributed by atoms with Gasteiger partial charge < -0.3 is 22.0 Å². The topological polar surface area (TPSA) is 130 Å². The van der Waals surface area contributed by atoms with E-state index in [0.717, 1.165) is 0 Å². The molecule has 0 aliphatic heterocycles. The minimum absolute atomic E-state index is 0.204. The molecule has 0 amide bonds. The van der Waals surface area contributed by atoms with Crippen molar-refractivity contribution in [3.05, 3.63) is 0 Å². The largest absolute Gasteiger partial charge is 0.372 e. The molecule has 58 valence electrons. The summed E-state index contributed by atoms with van der Waals surface area (Å²) < 4.78 is 0. The third-order valence-electron chi connectivity index (χ3n) is 1.75. The fourth-order valence-electron chi connectivity index (χ4n) is 0.785. The van der Waals surface area contributed by atoms with E-state index >= 15 is 0 Å². The lowest BCUT2D eigenvalue weighted by Gasteiger charge is -2.09. The van der Waals surface area contributed by atoms with Crippen LogP contribution in [0.5, 0.6) is 0 Å². The van der Waals surface area contributed by atoms with Crippen LogP contribution in [-0.2, 0) is 9.63 Å². The minimum atomic E-state index is -1.28. The maximum atomic E-state index is 10.7. The van der Waals surface area contributed by atoms with Crippen LogP contribution in [0.4, 0.5) is 0 Å². The third kappa shape index (κ3) is 0.706. The van der Waals surface area contributed by atoms with Crippen LogP contribution < -0.4 is 23.1 Å². The molecule has 1 rings (SSSR count). The molecule has 10 heavy (non-hydrogen) atoms. The summed E-state index contributed by atoms with van der Waals surface area (Å²) in [5.74, 6) is 3.81. The molecule has 0 aromatic rings. The van der Waals surface area contributed by atoms with E-state index in [1.165, 1.54) is 0 Å². The molecule has 0 spiro atoms. The lowest BCUT2D eigenvalue weighted by molar-refractivity contribution is -0.147. The highest BCUT2D eigenvalue weighted by atomic mass is 16.7. The number of rotatable bonds is 1. The Bertz CT molecular complexity index is 180. The highest BCUT2D eigenvalue weighted by Gasteiger charge is 2.67. The molecule has 1 unspecified atom stereocenters. The number of hydrogen-bond acceptors (Lipinski definition) is 6. The average Bonchev–Trinajstić information content (AvgIpc) is 2.32. The van der Waals surface area contributed by atoms with Crippen LogP contribution in [0, 0.1) is 0 Å². The molecule has 0 radical (unpaired) electrons. The maximum absolute atomic E-state index is 10.7. The molecule has 0 aromatic heterocycles. The molecule has 1 atom stereocenters. The number of nitrogens with two attached hydrogens (primary N) is 4. The normalized spacial score (nSPS) is 35.2. The molecule has 1 saturated carbocycles. The summed E-state index contributed by atoms with van der Waals surface area (Å²) in [4.78, 5) is 14.6. The van der Waals surface area contributed by atoms with Gasteiger partial charge in [0.2, 0.25) is 0 Å².